The van der Waals surface area contributed by atoms with E-state index in [-0.39, 0.29) is 30.4 Å². The van der Waals surface area contributed by atoms with Crippen LogP contribution in [0.5, 0.6) is 0 Å². The molecule has 2 saturated heterocycles. The third-order valence-electron chi connectivity index (χ3n) is 5.47. The first-order valence-electron chi connectivity index (χ1n) is 9.40. The van der Waals surface area contributed by atoms with E-state index in [0.29, 0.717) is 47.5 Å². The number of ether oxygens (including phenoxy) is 1. The SMILES string of the molecule is Nc1ccc(C(=O)N2C[C@H]3CN(C(=O)OCc4cc(Cl)cc(Cl)c4)C[C@@H]3C2)cc1. The maximum absolute atomic E-state index is 12.7. The maximum atomic E-state index is 12.7. The van der Waals surface area contributed by atoms with Gasteiger partial charge in [0.05, 0.1) is 0 Å². The van der Waals surface area contributed by atoms with Gasteiger partial charge in [0, 0.05) is 59.3 Å². The molecule has 0 aromatic heterocycles. The van der Waals surface area contributed by atoms with Crippen molar-refractivity contribution in [1.82, 2.24) is 9.80 Å². The van der Waals surface area contributed by atoms with E-state index in [4.69, 9.17) is 33.7 Å². The molecule has 2 amide bonds. The van der Waals surface area contributed by atoms with Gasteiger partial charge in [0.1, 0.15) is 6.61 Å². The number of carbonyl (C=O) groups is 2. The van der Waals surface area contributed by atoms with Gasteiger partial charge in [0.25, 0.3) is 5.91 Å². The molecule has 2 N–H and O–H groups in total. The predicted octanol–water partition coefficient (Wildman–Crippen LogP) is 3.92. The van der Waals surface area contributed by atoms with Gasteiger partial charge in [-0.05, 0) is 48.0 Å². The van der Waals surface area contributed by atoms with Crippen molar-refractivity contribution in [2.24, 2.45) is 11.8 Å². The van der Waals surface area contributed by atoms with E-state index in [0.717, 1.165) is 5.56 Å². The van der Waals surface area contributed by atoms with Gasteiger partial charge < -0.3 is 20.3 Å². The molecule has 0 spiro atoms. The zero-order chi connectivity index (χ0) is 20.5. The monoisotopic (exact) mass is 433 g/mol. The van der Waals surface area contributed by atoms with Crippen molar-refractivity contribution in [2.45, 2.75) is 6.61 Å². The Morgan fingerprint density at radius 2 is 1.48 bits per heavy atom. The number of nitrogens with zero attached hydrogens (tertiary/aromatic N) is 2. The summed E-state index contributed by atoms with van der Waals surface area (Å²) in [4.78, 5) is 28.7. The summed E-state index contributed by atoms with van der Waals surface area (Å²) in [6, 6.07) is 12.0. The van der Waals surface area contributed by atoms with Crippen LogP contribution >= 0.6 is 23.2 Å². The molecule has 0 unspecified atom stereocenters. The lowest BCUT2D eigenvalue weighted by molar-refractivity contribution is 0.0764. The van der Waals surface area contributed by atoms with E-state index in [2.05, 4.69) is 0 Å². The van der Waals surface area contributed by atoms with Crippen molar-refractivity contribution < 1.29 is 14.3 Å². The Bertz CT molecular complexity index is 901. The molecule has 0 aliphatic carbocycles. The minimum atomic E-state index is -0.355. The van der Waals surface area contributed by atoms with Gasteiger partial charge in [-0.15, -0.1) is 0 Å². The molecule has 29 heavy (non-hydrogen) atoms. The summed E-state index contributed by atoms with van der Waals surface area (Å²) >= 11 is 11.9. The van der Waals surface area contributed by atoms with Crippen molar-refractivity contribution in [3.63, 3.8) is 0 Å². The molecule has 6 nitrogen and oxygen atoms in total. The first kappa shape index (κ1) is 19.9. The molecular weight excluding hydrogens is 413 g/mol. The van der Waals surface area contributed by atoms with Gasteiger partial charge >= 0.3 is 6.09 Å². The van der Waals surface area contributed by atoms with Crippen LogP contribution in [0.3, 0.4) is 0 Å². The van der Waals surface area contributed by atoms with Gasteiger partial charge in [-0.3, -0.25) is 4.79 Å². The molecule has 2 aromatic rings. The zero-order valence-corrected chi connectivity index (χ0v) is 17.2. The van der Waals surface area contributed by atoms with E-state index < -0.39 is 0 Å². The molecule has 2 aliphatic heterocycles. The van der Waals surface area contributed by atoms with Crippen LogP contribution in [0.1, 0.15) is 15.9 Å². The Kier molecular flexibility index (Phi) is 5.56. The lowest BCUT2D eigenvalue weighted by atomic mass is 10.0. The molecule has 0 saturated carbocycles. The Hall–Kier alpha value is -2.44. The van der Waals surface area contributed by atoms with Crippen LogP contribution in [0.2, 0.25) is 10.0 Å². The number of carbonyl (C=O) groups excluding carboxylic acids is 2. The number of fused-ring (bicyclic) bond motifs is 1. The van der Waals surface area contributed by atoms with E-state index in [1.165, 1.54) is 0 Å². The van der Waals surface area contributed by atoms with Crippen molar-refractivity contribution in [2.75, 3.05) is 31.9 Å². The number of benzene rings is 2. The number of hydrogen-bond acceptors (Lipinski definition) is 4. The van der Waals surface area contributed by atoms with Gasteiger partial charge in [-0.2, -0.15) is 0 Å². The minimum absolute atomic E-state index is 0.00589. The number of nitrogen functional groups attached to an aromatic ring is 1. The molecule has 0 bridgehead atoms. The lowest BCUT2D eigenvalue weighted by Gasteiger charge is -2.21. The average molecular weight is 434 g/mol. The third-order valence-corrected chi connectivity index (χ3v) is 5.91. The van der Waals surface area contributed by atoms with Crippen LogP contribution in [0.25, 0.3) is 0 Å². The molecule has 2 aromatic carbocycles. The molecule has 4 rings (SSSR count). The summed E-state index contributed by atoms with van der Waals surface area (Å²) in [7, 11) is 0. The average Bonchev–Trinajstić information content (AvgIpc) is 3.25. The fraction of sp³-hybridized carbons (Fsp3) is 0.333. The third kappa shape index (κ3) is 4.43. The smallest absolute Gasteiger partial charge is 0.410 e. The summed E-state index contributed by atoms with van der Waals surface area (Å²) in [5.74, 6) is 0.535. The molecule has 2 heterocycles. The minimum Gasteiger partial charge on any atom is -0.445 e. The summed E-state index contributed by atoms with van der Waals surface area (Å²) in [6.45, 7) is 2.58. The molecule has 2 aliphatic rings. The highest BCUT2D eigenvalue weighted by Crippen LogP contribution is 2.32. The second-order valence-electron chi connectivity index (χ2n) is 7.59. The number of amides is 2. The zero-order valence-electron chi connectivity index (χ0n) is 15.7. The first-order chi connectivity index (χ1) is 13.9. The van der Waals surface area contributed by atoms with E-state index in [1.54, 1.807) is 47.4 Å². The van der Waals surface area contributed by atoms with E-state index in [9.17, 15) is 9.59 Å². The molecule has 0 radical (unpaired) electrons. The summed E-state index contributed by atoms with van der Waals surface area (Å²) in [5, 5.41) is 1.01. The second kappa shape index (κ2) is 8.13. The fourth-order valence-corrected chi connectivity index (χ4v) is 4.62. The molecular formula is C21H21Cl2N3O3. The molecule has 152 valence electrons. The Morgan fingerprint density at radius 3 is 2.07 bits per heavy atom. The largest absolute Gasteiger partial charge is 0.445 e. The number of likely N-dealkylation sites (tertiary alicyclic amines) is 2. The standard InChI is InChI=1S/C21H21Cl2N3O3/c22-17-5-13(6-18(23)7-17)12-29-21(28)26-10-15-8-25(9-16(15)11-26)20(27)14-1-3-19(24)4-2-14/h1-7,15-16H,8-12,24H2/t15-,16-/m0/s1. The normalized spacial score (nSPS) is 20.6. The predicted molar refractivity (Wildman–Crippen MR) is 112 cm³/mol. The number of halogens is 2. The van der Waals surface area contributed by atoms with Crippen molar-refractivity contribution in [3.8, 4) is 0 Å². The molecule has 8 heteroatoms. The van der Waals surface area contributed by atoms with Crippen LogP contribution in [0.4, 0.5) is 10.5 Å². The highest BCUT2D eigenvalue weighted by atomic mass is 35.5. The molecule has 2 fully saturated rings. The van der Waals surface area contributed by atoms with Gasteiger partial charge in [-0.1, -0.05) is 23.2 Å². The quantitative estimate of drug-likeness (QED) is 0.744. The summed E-state index contributed by atoms with van der Waals surface area (Å²) < 4.78 is 5.42. The second-order valence-corrected chi connectivity index (χ2v) is 8.46. The van der Waals surface area contributed by atoms with Crippen LogP contribution in [0, 0.1) is 11.8 Å². The first-order valence-corrected chi connectivity index (χ1v) is 10.2. The lowest BCUT2D eigenvalue weighted by Crippen LogP contribution is -2.35. The topological polar surface area (TPSA) is 75.9 Å². The summed E-state index contributed by atoms with van der Waals surface area (Å²) in [5.41, 5.74) is 7.70. The van der Waals surface area contributed by atoms with Crippen LogP contribution < -0.4 is 5.73 Å². The Morgan fingerprint density at radius 1 is 0.931 bits per heavy atom. The van der Waals surface area contributed by atoms with Crippen LogP contribution in [-0.4, -0.2) is 48.0 Å². The summed E-state index contributed by atoms with van der Waals surface area (Å²) in [6.07, 6.45) is -0.355. The highest BCUT2D eigenvalue weighted by Gasteiger charge is 2.43. The van der Waals surface area contributed by atoms with Gasteiger partial charge in [0.15, 0.2) is 0 Å². The Balaban J connectivity index is 1.30. The van der Waals surface area contributed by atoms with Crippen LogP contribution in [0.15, 0.2) is 42.5 Å². The molecule has 2 atom stereocenters. The van der Waals surface area contributed by atoms with Crippen molar-refractivity contribution in [3.05, 3.63) is 63.6 Å². The van der Waals surface area contributed by atoms with Gasteiger partial charge in [0.2, 0.25) is 0 Å². The number of anilines is 1. The van der Waals surface area contributed by atoms with E-state index in [1.807, 2.05) is 4.90 Å². The number of nitrogens with two attached hydrogens (primary N) is 1. The number of rotatable bonds is 3. The fourth-order valence-electron chi connectivity index (χ4n) is 4.05. The van der Waals surface area contributed by atoms with Crippen molar-refractivity contribution >= 4 is 40.9 Å². The maximum Gasteiger partial charge on any atom is 0.410 e. The highest BCUT2D eigenvalue weighted by molar-refractivity contribution is 6.34. The van der Waals surface area contributed by atoms with Gasteiger partial charge in [-0.25, -0.2) is 4.79 Å². The Labute approximate surface area is 179 Å². The van der Waals surface area contributed by atoms with Crippen molar-refractivity contribution in [1.29, 1.82) is 0 Å². The van der Waals surface area contributed by atoms with E-state index >= 15 is 0 Å². The van der Waals surface area contributed by atoms with Crippen LogP contribution in [-0.2, 0) is 11.3 Å². The number of hydrogen-bond donors (Lipinski definition) is 1.